The fraction of sp³-hybridized carbons (Fsp3) is 0.241. The summed E-state index contributed by atoms with van der Waals surface area (Å²) in [4.78, 5) is 30.6. The van der Waals surface area contributed by atoms with Crippen LogP contribution >= 0.6 is 0 Å². The molecular weight excluding hydrogens is 481 g/mol. The first-order valence-corrected chi connectivity index (χ1v) is 12.6. The molecule has 0 unspecified atom stereocenters. The monoisotopic (exact) mass is 511 g/mol. The number of benzene rings is 2. The Labute approximate surface area is 221 Å². The molecule has 0 atom stereocenters. The Kier molecular flexibility index (Phi) is 7.67. The number of halogens is 1. The molecule has 0 bridgehead atoms. The van der Waals surface area contributed by atoms with Crippen molar-refractivity contribution in [2.24, 2.45) is 0 Å². The molecule has 2 aromatic heterocycles. The summed E-state index contributed by atoms with van der Waals surface area (Å²) in [5.74, 6) is -0.440. The normalized spacial score (nSPS) is 14.3. The Morgan fingerprint density at radius 1 is 1.03 bits per heavy atom. The van der Waals surface area contributed by atoms with E-state index in [2.05, 4.69) is 42.4 Å². The van der Waals surface area contributed by atoms with E-state index in [9.17, 15) is 9.18 Å². The first kappa shape index (κ1) is 25.4. The number of nitrogens with zero attached hydrogens (tertiary/aromatic N) is 5. The van der Waals surface area contributed by atoms with Crippen LogP contribution in [-0.4, -0.2) is 63.9 Å². The van der Waals surface area contributed by atoms with Crippen molar-refractivity contribution in [3.05, 3.63) is 95.7 Å². The van der Waals surface area contributed by atoms with Crippen LogP contribution < -0.4 is 10.6 Å². The van der Waals surface area contributed by atoms with Gasteiger partial charge in [-0.1, -0.05) is 12.1 Å². The summed E-state index contributed by atoms with van der Waals surface area (Å²) in [6, 6.07) is 16.1. The summed E-state index contributed by atoms with van der Waals surface area (Å²) in [5.41, 5.74) is 4.40. The molecule has 194 valence electrons. The van der Waals surface area contributed by atoms with Gasteiger partial charge in [0.15, 0.2) is 0 Å². The molecule has 2 aromatic carbocycles. The number of aromatic nitrogens is 3. The Morgan fingerprint density at radius 3 is 2.55 bits per heavy atom. The summed E-state index contributed by atoms with van der Waals surface area (Å²) in [5, 5.41) is 5.90. The van der Waals surface area contributed by atoms with Crippen molar-refractivity contribution in [3.63, 3.8) is 0 Å². The molecule has 0 radical (unpaired) electrons. The standard InChI is InChI=1S/C29H30FN7O/c1-20-25(30)16-24(17-27(20)35-29-32-11-9-26(34-29)23-4-3-10-31-18-23)33-28(38)22-7-5-21(6-8-22)19-37-14-12-36(2)13-15-37/h3-11,16-18H,12-15,19H2,1-2H3,(H,33,38)(H,32,34,35). The van der Waals surface area contributed by atoms with E-state index in [-0.39, 0.29) is 5.91 Å². The summed E-state index contributed by atoms with van der Waals surface area (Å²) < 4.78 is 14.8. The van der Waals surface area contributed by atoms with Crippen molar-refractivity contribution in [3.8, 4) is 11.3 Å². The average Bonchev–Trinajstić information content (AvgIpc) is 2.94. The highest BCUT2D eigenvalue weighted by molar-refractivity contribution is 6.04. The summed E-state index contributed by atoms with van der Waals surface area (Å²) in [6.07, 6.45) is 5.03. The van der Waals surface area contributed by atoms with Crippen LogP contribution in [0.4, 0.5) is 21.7 Å². The van der Waals surface area contributed by atoms with Gasteiger partial charge >= 0.3 is 0 Å². The van der Waals surface area contributed by atoms with Gasteiger partial charge < -0.3 is 15.5 Å². The number of anilines is 3. The number of nitrogens with one attached hydrogen (secondary N) is 2. The fourth-order valence-corrected chi connectivity index (χ4v) is 4.32. The molecule has 1 saturated heterocycles. The predicted molar refractivity (Wildman–Crippen MR) is 147 cm³/mol. The van der Waals surface area contributed by atoms with Crippen LogP contribution in [0.15, 0.2) is 73.2 Å². The van der Waals surface area contributed by atoms with Crippen LogP contribution in [0.3, 0.4) is 0 Å². The van der Waals surface area contributed by atoms with Gasteiger partial charge in [0, 0.05) is 79.4 Å². The average molecular weight is 512 g/mol. The fourth-order valence-electron chi connectivity index (χ4n) is 4.32. The maximum atomic E-state index is 14.8. The van der Waals surface area contributed by atoms with Crippen molar-refractivity contribution in [2.45, 2.75) is 13.5 Å². The molecule has 1 fully saturated rings. The van der Waals surface area contributed by atoms with Gasteiger partial charge in [0.2, 0.25) is 5.95 Å². The summed E-state index contributed by atoms with van der Waals surface area (Å²) >= 11 is 0. The molecule has 0 aliphatic carbocycles. The van der Waals surface area contributed by atoms with Crippen LogP contribution in [0.1, 0.15) is 21.5 Å². The maximum absolute atomic E-state index is 14.8. The van der Waals surface area contributed by atoms with E-state index in [0.29, 0.717) is 34.1 Å². The minimum atomic E-state index is -0.448. The minimum absolute atomic E-state index is 0.305. The smallest absolute Gasteiger partial charge is 0.255 e. The van der Waals surface area contributed by atoms with Gasteiger partial charge in [-0.05, 0) is 62.0 Å². The van der Waals surface area contributed by atoms with Crippen LogP contribution in [0.5, 0.6) is 0 Å². The molecule has 1 aliphatic heterocycles. The van der Waals surface area contributed by atoms with Crippen molar-refractivity contribution in [2.75, 3.05) is 43.9 Å². The first-order valence-electron chi connectivity index (χ1n) is 12.6. The lowest BCUT2D eigenvalue weighted by Crippen LogP contribution is -2.43. The van der Waals surface area contributed by atoms with Crippen molar-refractivity contribution >= 4 is 23.2 Å². The van der Waals surface area contributed by atoms with Gasteiger partial charge in [-0.2, -0.15) is 0 Å². The molecule has 9 heteroatoms. The van der Waals surface area contributed by atoms with Crippen molar-refractivity contribution in [1.29, 1.82) is 0 Å². The molecule has 5 rings (SSSR count). The molecule has 8 nitrogen and oxygen atoms in total. The van der Waals surface area contributed by atoms with Crippen molar-refractivity contribution < 1.29 is 9.18 Å². The maximum Gasteiger partial charge on any atom is 0.255 e. The highest BCUT2D eigenvalue weighted by Gasteiger charge is 2.15. The van der Waals surface area contributed by atoms with Gasteiger partial charge in [-0.25, -0.2) is 14.4 Å². The lowest BCUT2D eigenvalue weighted by atomic mass is 10.1. The Morgan fingerprint density at radius 2 is 1.82 bits per heavy atom. The van der Waals surface area contributed by atoms with E-state index in [4.69, 9.17) is 0 Å². The van der Waals surface area contributed by atoms with E-state index < -0.39 is 5.82 Å². The third kappa shape index (κ3) is 6.19. The predicted octanol–water partition coefficient (Wildman–Crippen LogP) is 4.73. The molecular formula is C29H30FN7O. The van der Waals surface area contributed by atoms with Gasteiger partial charge in [0.25, 0.3) is 5.91 Å². The highest BCUT2D eigenvalue weighted by atomic mass is 19.1. The zero-order chi connectivity index (χ0) is 26.5. The van der Waals surface area contributed by atoms with Crippen LogP contribution in [0.25, 0.3) is 11.3 Å². The number of carbonyl (C=O) groups excluding carboxylic acids is 1. The number of hydrogen-bond acceptors (Lipinski definition) is 7. The minimum Gasteiger partial charge on any atom is -0.324 e. The highest BCUT2D eigenvalue weighted by Crippen LogP contribution is 2.27. The number of carbonyl (C=O) groups is 1. The van der Waals surface area contributed by atoms with Crippen molar-refractivity contribution in [1.82, 2.24) is 24.8 Å². The van der Waals surface area contributed by atoms with Gasteiger partial charge in [-0.15, -0.1) is 0 Å². The SMILES string of the molecule is Cc1c(F)cc(NC(=O)c2ccc(CN3CCN(C)CC3)cc2)cc1Nc1nccc(-c2cccnc2)n1. The number of pyridine rings is 1. The second-order valence-corrected chi connectivity index (χ2v) is 9.49. The molecule has 1 amide bonds. The Bertz CT molecular complexity index is 1400. The molecule has 0 saturated carbocycles. The lowest BCUT2D eigenvalue weighted by Gasteiger charge is -2.32. The molecule has 0 spiro atoms. The second-order valence-electron chi connectivity index (χ2n) is 9.49. The summed E-state index contributed by atoms with van der Waals surface area (Å²) in [6.45, 7) is 6.71. The largest absolute Gasteiger partial charge is 0.324 e. The number of rotatable bonds is 7. The number of hydrogen-bond donors (Lipinski definition) is 2. The van der Waals surface area contributed by atoms with E-state index in [1.54, 1.807) is 37.6 Å². The van der Waals surface area contributed by atoms with Gasteiger partial charge in [-0.3, -0.25) is 14.7 Å². The van der Waals surface area contributed by atoms with Gasteiger partial charge in [0.1, 0.15) is 5.82 Å². The quantitative estimate of drug-likeness (QED) is 0.371. The molecule has 2 N–H and O–H groups in total. The van der Waals surface area contributed by atoms with Gasteiger partial charge in [0.05, 0.1) is 5.69 Å². The molecule has 4 aromatic rings. The number of amides is 1. The second kappa shape index (κ2) is 11.5. The number of likely N-dealkylation sites (N-methyl/N-ethyl adjacent to an activating group) is 1. The lowest BCUT2D eigenvalue weighted by molar-refractivity contribution is 0.102. The van der Waals surface area contributed by atoms with E-state index in [1.807, 2.05) is 36.4 Å². The van der Waals surface area contributed by atoms with E-state index in [1.165, 1.54) is 6.07 Å². The zero-order valence-electron chi connectivity index (χ0n) is 21.5. The molecule has 1 aliphatic rings. The first-order chi connectivity index (χ1) is 18.4. The van der Waals surface area contributed by atoms with Crippen LogP contribution in [0, 0.1) is 12.7 Å². The van der Waals surface area contributed by atoms with E-state index >= 15 is 0 Å². The van der Waals surface area contributed by atoms with Crippen LogP contribution in [-0.2, 0) is 6.54 Å². The van der Waals surface area contributed by atoms with Crippen LogP contribution in [0.2, 0.25) is 0 Å². The third-order valence-corrected chi connectivity index (χ3v) is 6.68. The third-order valence-electron chi connectivity index (χ3n) is 6.68. The van der Waals surface area contributed by atoms with E-state index in [0.717, 1.165) is 43.9 Å². The number of piperazine rings is 1. The Balaban J connectivity index is 1.27. The topological polar surface area (TPSA) is 86.3 Å². The molecule has 3 heterocycles. The molecule has 38 heavy (non-hydrogen) atoms. The summed E-state index contributed by atoms with van der Waals surface area (Å²) in [7, 11) is 2.14. The Hall–Kier alpha value is -4.21. The zero-order valence-corrected chi connectivity index (χ0v) is 21.5.